The lowest BCUT2D eigenvalue weighted by atomic mass is 9.69. The van der Waals surface area contributed by atoms with Gasteiger partial charge in [0.15, 0.2) is 0 Å². The number of hydrogen-bond donors (Lipinski definition) is 0. The van der Waals surface area contributed by atoms with E-state index in [1.165, 1.54) is 12.7 Å². The molecule has 0 spiro atoms. The van der Waals surface area contributed by atoms with Crippen molar-refractivity contribution in [3.63, 3.8) is 0 Å². The van der Waals surface area contributed by atoms with Gasteiger partial charge in [-0.1, -0.05) is 40.3 Å². The third kappa shape index (κ3) is 3.61. The second kappa shape index (κ2) is 4.90. The Morgan fingerprint density at radius 2 is 1.78 bits per heavy atom. The summed E-state index contributed by atoms with van der Waals surface area (Å²) in [7, 11) is 2.26. The molecule has 0 fully saturated rings. The van der Waals surface area contributed by atoms with E-state index in [2.05, 4.69) is 34.9 Å². The topological polar surface area (TPSA) is 0 Å². The van der Waals surface area contributed by atoms with Gasteiger partial charge in [0.05, 0.1) is 0 Å². The quantitative estimate of drug-likeness (QED) is 0.506. The lowest BCUT2D eigenvalue weighted by molar-refractivity contribution is 0.407. The minimum Gasteiger partial charge on any atom is -0.0920 e. The molecule has 0 nitrogen and oxygen atoms in total. The first kappa shape index (κ1) is 9.06. The molecule has 0 rings (SSSR count). The van der Waals surface area contributed by atoms with E-state index < -0.39 is 0 Å². The summed E-state index contributed by atoms with van der Waals surface area (Å²) >= 11 is 0. The molecule has 53 valence electrons. The highest BCUT2D eigenvalue weighted by Gasteiger charge is 2.07. The summed E-state index contributed by atoms with van der Waals surface area (Å²) in [6.45, 7) is 9.05. The minimum absolute atomic E-state index is 0.875. The van der Waals surface area contributed by atoms with Crippen LogP contribution >= 0.6 is 0 Å². The molecule has 0 aliphatic carbocycles. The molecule has 0 heterocycles. The van der Waals surface area contributed by atoms with Crippen molar-refractivity contribution in [2.24, 2.45) is 11.8 Å². The fraction of sp³-hybridized carbons (Fsp3) is 1.00. The fourth-order valence-corrected chi connectivity index (χ4v) is 1.01. The van der Waals surface area contributed by atoms with E-state index in [9.17, 15) is 0 Å². The maximum atomic E-state index is 2.33. The lowest BCUT2D eigenvalue weighted by Gasteiger charge is -2.16. The third-order valence-electron chi connectivity index (χ3n) is 2.22. The van der Waals surface area contributed by atoms with Crippen molar-refractivity contribution < 1.29 is 0 Å². The van der Waals surface area contributed by atoms with Gasteiger partial charge in [-0.05, 0) is 11.8 Å². The highest BCUT2D eigenvalue weighted by Crippen LogP contribution is 2.17. The largest absolute Gasteiger partial charge is 0.106 e. The number of hydrogen-bond acceptors (Lipinski definition) is 0. The van der Waals surface area contributed by atoms with E-state index in [0.717, 1.165) is 11.8 Å². The van der Waals surface area contributed by atoms with E-state index in [1.54, 1.807) is 0 Å². The summed E-state index contributed by atoms with van der Waals surface area (Å²) in [4.78, 5) is 0. The molecule has 1 radical (unpaired) electrons. The summed E-state index contributed by atoms with van der Waals surface area (Å²) in [6.07, 6.45) is 2.59. The van der Waals surface area contributed by atoms with Gasteiger partial charge in [-0.15, -0.1) is 0 Å². The average Bonchev–Trinajstić information content (AvgIpc) is 1.87. The maximum Gasteiger partial charge on any atom is 0.106 e. The molecule has 9 heavy (non-hydrogen) atoms. The van der Waals surface area contributed by atoms with Gasteiger partial charge in [0.25, 0.3) is 0 Å². The van der Waals surface area contributed by atoms with Crippen molar-refractivity contribution in [2.75, 3.05) is 0 Å². The molecule has 0 N–H and O–H groups in total. The Labute approximate surface area is 60.3 Å². The zero-order valence-electron chi connectivity index (χ0n) is 7.15. The highest BCUT2D eigenvalue weighted by molar-refractivity contribution is 6.33. The number of rotatable bonds is 4. The smallest absolute Gasteiger partial charge is 0.0920 e. The predicted octanol–water partition coefficient (Wildman–Crippen LogP) is 2.84. The first-order chi connectivity index (χ1) is 4.22. The van der Waals surface area contributed by atoms with Gasteiger partial charge in [0, 0.05) is 0 Å². The minimum atomic E-state index is 0.875. The highest BCUT2D eigenvalue weighted by atomic mass is 14.1. The van der Waals surface area contributed by atoms with Gasteiger partial charge in [-0.25, -0.2) is 0 Å². The molecule has 0 bridgehead atoms. The average molecular weight is 125 g/mol. The van der Waals surface area contributed by atoms with Gasteiger partial charge in [0.2, 0.25) is 0 Å². The van der Waals surface area contributed by atoms with Crippen molar-refractivity contribution in [1.29, 1.82) is 0 Å². The van der Waals surface area contributed by atoms with Crippen LogP contribution in [0.25, 0.3) is 0 Å². The summed E-state index contributed by atoms with van der Waals surface area (Å²) in [5.41, 5.74) is 0. The fourth-order valence-electron chi connectivity index (χ4n) is 1.01. The summed E-state index contributed by atoms with van der Waals surface area (Å²) in [5.74, 6) is 1.76. The zero-order chi connectivity index (χ0) is 7.28. The molecule has 0 aromatic carbocycles. The molecule has 1 heteroatoms. The van der Waals surface area contributed by atoms with Crippen LogP contribution in [0.4, 0.5) is 0 Å². The van der Waals surface area contributed by atoms with E-state index >= 15 is 0 Å². The molecule has 2 unspecified atom stereocenters. The van der Waals surface area contributed by atoms with Crippen molar-refractivity contribution >= 4 is 7.28 Å². The molecule has 0 aromatic rings. The molecular weight excluding hydrogens is 107 g/mol. The van der Waals surface area contributed by atoms with Gasteiger partial charge >= 0.3 is 0 Å². The van der Waals surface area contributed by atoms with Crippen molar-refractivity contribution in [2.45, 2.75) is 40.3 Å². The van der Waals surface area contributed by atoms with E-state index in [1.807, 2.05) is 0 Å². The molecule has 0 aliphatic heterocycles. The molecule has 2 atom stereocenters. The van der Waals surface area contributed by atoms with Crippen LogP contribution in [-0.2, 0) is 0 Å². The third-order valence-corrected chi connectivity index (χ3v) is 2.22. The first-order valence-electron chi connectivity index (χ1n) is 4.00. The Morgan fingerprint density at radius 1 is 1.22 bits per heavy atom. The second-order valence-electron chi connectivity index (χ2n) is 3.01. The van der Waals surface area contributed by atoms with Gasteiger partial charge in [-0.2, -0.15) is 0 Å². The van der Waals surface area contributed by atoms with Gasteiger partial charge in [-0.3, -0.25) is 0 Å². The Bertz CT molecular complexity index is 61.6. The normalized spacial score (nSPS) is 16.9. The van der Waals surface area contributed by atoms with E-state index in [-0.39, 0.29) is 0 Å². The Hall–Kier alpha value is 0.0649. The van der Waals surface area contributed by atoms with Crippen molar-refractivity contribution in [3.8, 4) is 0 Å². The van der Waals surface area contributed by atoms with E-state index in [4.69, 9.17) is 0 Å². The Morgan fingerprint density at radius 3 is 2.11 bits per heavy atom. The van der Waals surface area contributed by atoms with Crippen molar-refractivity contribution in [1.82, 2.24) is 0 Å². The molecule has 0 aromatic heterocycles. The zero-order valence-corrected chi connectivity index (χ0v) is 7.15. The monoisotopic (exact) mass is 125 g/mol. The van der Waals surface area contributed by atoms with Gasteiger partial charge in [0.1, 0.15) is 7.28 Å². The van der Waals surface area contributed by atoms with Crippen LogP contribution in [0.1, 0.15) is 27.2 Å². The summed E-state index contributed by atoms with van der Waals surface area (Å²) in [5, 5.41) is 0. The van der Waals surface area contributed by atoms with Crippen molar-refractivity contribution in [3.05, 3.63) is 0 Å². The predicted molar refractivity (Wildman–Crippen MR) is 45.0 cm³/mol. The van der Waals surface area contributed by atoms with Crippen LogP contribution in [0.5, 0.6) is 0 Å². The van der Waals surface area contributed by atoms with Crippen LogP contribution in [0.15, 0.2) is 0 Å². The second-order valence-corrected chi connectivity index (χ2v) is 3.01. The van der Waals surface area contributed by atoms with Gasteiger partial charge < -0.3 is 0 Å². The lowest BCUT2D eigenvalue weighted by Crippen LogP contribution is -2.07. The molecular formula is C8H18B. The first-order valence-corrected chi connectivity index (χ1v) is 4.00. The van der Waals surface area contributed by atoms with Crippen LogP contribution in [-0.4, -0.2) is 7.28 Å². The van der Waals surface area contributed by atoms with E-state index in [0.29, 0.717) is 0 Å². The molecule has 0 aliphatic rings. The van der Waals surface area contributed by atoms with Crippen LogP contribution in [0, 0.1) is 11.8 Å². The maximum absolute atomic E-state index is 2.33. The Balaban J connectivity index is 3.32. The Kier molecular flexibility index (Phi) is 4.93. The molecule has 0 saturated heterocycles. The molecule has 0 saturated carbocycles. The summed E-state index contributed by atoms with van der Waals surface area (Å²) < 4.78 is 0. The SMILES string of the molecule is C[B]CC(C)C(C)CC. The standard InChI is InChI=1S/C8H18B/c1-5-7(2)8(3)6-9-4/h7-8H,5-6H2,1-4H3. The summed E-state index contributed by atoms with van der Waals surface area (Å²) in [6, 6.07) is 0. The molecule has 0 amide bonds. The van der Waals surface area contributed by atoms with Crippen LogP contribution < -0.4 is 0 Å². The van der Waals surface area contributed by atoms with Crippen LogP contribution in [0.3, 0.4) is 0 Å². The van der Waals surface area contributed by atoms with Crippen LogP contribution in [0.2, 0.25) is 13.1 Å².